The highest BCUT2D eigenvalue weighted by Crippen LogP contribution is 2.16. The molecule has 0 aliphatic carbocycles. The van der Waals surface area contributed by atoms with E-state index < -0.39 is 0 Å². The minimum atomic E-state index is -0.216. The molecule has 3 rings (SSSR count). The summed E-state index contributed by atoms with van der Waals surface area (Å²) in [4.78, 5) is 16.6. The monoisotopic (exact) mass is 283 g/mol. The van der Waals surface area contributed by atoms with Gasteiger partial charge in [0.25, 0.3) is 5.91 Å². The highest BCUT2D eigenvalue weighted by atomic mass is 16.3. The molecule has 2 aromatic heterocycles. The largest absolute Gasteiger partial charge is 0.459 e. The van der Waals surface area contributed by atoms with Crippen molar-refractivity contribution in [2.45, 2.75) is 26.9 Å². The summed E-state index contributed by atoms with van der Waals surface area (Å²) in [7, 11) is 0. The number of benzene rings is 1. The summed E-state index contributed by atoms with van der Waals surface area (Å²) < 4.78 is 7.29. The van der Waals surface area contributed by atoms with Crippen LogP contribution in [0.4, 0.5) is 0 Å². The topological polar surface area (TPSA) is 60.1 Å². The first kappa shape index (κ1) is 13.4. The van der Waals surface area contributed by atoms with Crippen LogP contribution in [-0.2, 0) is 13.1 Å². The molecule has 1 amide bonds. The van der Waals surface area contributed by atoms with Crippen LogP contribution in [-0.4, -0.2) is 15.5 Å². The Bertz CT molecular complexity index is 786. The number of fused-ring (bicyclic) bond motifs is 1. The van der Waals surface area contributed by atoms with Gasteiger partial charge in [-0.1, -0.05) is 12.1 Å². The number of furan rings is 1. The van der Waals surface area contributed by atoms with Gasteiger partial charge in [0.2, 0.25) is 0 Å². The van der Waals surface area contributed by atoms with E-state index >= 15 is 0 Å². The molecule has 0 saturated heterocycles. The van der Waals surface area contributed by atoms with Crippen molar-refractivity contribution in [1.82, 2.24) is 14.9 Å². The molecule has 0 fully saturated rings. The molecule has 0 bridgehead atoms. The summed E-state index contributed by atoms with van der Waals surface area (Å²) in [6.07, 6.45) is 1.52. The van der Waals surface area contributed by atoms with E-state index in [0.717, 1.165) is 29.0 Å². The average Bonchev–Trinajstić information content (AvgIpc) is 3.07. The predicted octanol–water partition coefficient (Wildman–Crippen LogP) is 2.89. The Labute approximate surface area is 122 Å². The van der Waals surface area contributed by atoms with Crippen molar-refractivity contribution in [2.75, 3.05) is 0 Å². The lowest BCUT2D eigenvalue weighted by molar-refractivity contribution is 0.0921. The van der Waals surface area contributed by atoms with Crippen LogP contribution in [0.5, 0.6) is 0 Å². The number of hydrogen-bond donors (Lipinski definition) is 1. The van der Waals surface area contributed by atoms with Crippen molar-refractivity contribution in [3.63, 3.8) is 0 Å². The minimum Gasteiger partial charge on any atom is -0.459 e. The molecule has 0 aliphatic heterocycles. The Balaban J connectivity index is 1.82. The van der Waals surface area contributed by atoms with E-state index in [1.54, 1.807) is 6.07 Å². The molecule has 2 heterocycles. The smallest absolute Gasteiger partial charge is 0.287 e. The average molecular weight is 283 g/mol. The first-order chi connectivity index (χ1) is 10.2. The van der Waals surface area contributed by atoms with Crippen LogP contribution in [0.15, 0.2) is 41.0 Å². The summed E-state index contributed by atoms with van der Waals surface area (Å²) in [6.45, 7) is 5.10. The van der Waals surface area contributed by atoms with E-state index in [1.165, 1.54) is 6.26 Å². The molecule has 0 atom stereocenters. The zero-order valence-electron chi connectivity index (χ0n) is 12.1. The Morgan fingerprint density at radius 3 is 2.86 bits per heavy atom. The van der Waals surface area contributed by atoms with Crippen LogP contribution >= 0.6 is 0 Å². The summed E-state index contributed by atoms with van der Waals surface area (Å²) in [5.74, 6) is 0.984. The number of hydrogen-bond acceptors (Lipinski definition) is 3. The van der Waals surface area contributed by atoms with Gasteiger partial charge in [0.05, 0.1) is 23.8 Å². The predicted molar refractivity (Wildman–Crippen MR) is 80.0 cm³/mol. The number of amides is 1. The second-order valence-electron chi connectivity index (χ2n) is 4.88. The SMILES string of the molecule is CCn1c(CNC(=O)c2occc2C)nc2ccccc21. The molecule has 5 nitrogen and oxygen atoms in total. The Morgan fingerprint density at radius 2 is 2.14 bits per heavy atom. The first-order valence-electron chi connectivity index (χ1n) is 6.97. The number of imidazole rings is 1. The van der Waals surface area contributed by atoms with Gasteiger partial charge >= 0.3 is 0 Å². The van der Waals surface area contributed by atoms with Gasteiger partial charge < -0.3 is 14.3 Å². The molecular formula is C16H17N3O2. The van der Waals surface area contributed by atoms with Gasteiger partial charge in [-0.05, 0) is 32.0 Å². The number of para-hydroxylation sites is 2. The van der Waals surface area contributed by atoms with Gasteiger partial charge in [0.1, 0.15) is 5.82 Å². The van der Waals surface area contributed by atoms with Crippen LogP contribution in [0, 0.1) is 6.92 Å². The molecule has 108 valence electrons. The van der Waals surface area contributed by atoms with E-state index in [0.29, 0.717) is 12.3 Å². The van der Waals surface area contributed by atoms with Crippen LogP contribution in [0.3, 0.4) is 0 Å². The molecule has 0 aliphatic rings. The highest BCUT2D eigenvalue weighted by molar-refractivity contribution is 5.92. The first-order valence-corrected chi connectivity index (χ1v) is 6.97. The lowest BCUT2D eigenvalue weighted by atomic mass is 10.3. The standard InChI is InChI=1S/C16H17N3O2/c1-3-19-13-7-5-4-6-12(13)18-14(19)10-17-16(20)15-11(2)8-9-21-15/h4-9H,3,10H2,1-2H3,(H,17,20). The minimum absolute atomic E-state index is 0.216. The number of aromatic nitrogens is 2. The van der Waals surface area contributed by atoms with Gasteiger partial charge in [-0.25, -0.2) is 4.98 Å². The lowest BCUT2D eigenvalue weighted by Crippen LogP contribution is -2.24. The maximum atomic E-state index is 12.1. The van der Waals surface area contributed by atoms with Crippen molar-refractivity contribution in [1.29, 1.82) is 0 Å². The summed E-state index contributed by atoms with van der Waals surface area (Å²) >= 11 is 0. The van der Waals surface area contributed by atoms with Crippen LogP contribution in [0.1, 0.15) is 28.9 Å². The number of aryl methyl sites for hydroxylation is 2. The second kappa shape index (κ2) is 5.44. The number of nitrogens with one attached hydrogen (secondary N) is 1. The highest BCUT2D eigenvalue weighted by Gasteiger charge is 2.14. The molecule has 0 saturated carbocycles. The zero-order valence-corrected chi connectivity index (χ0v) is 12.1. The molecule has 0 spiro atoms. The number of carbonyl (C=O) groups excluding carboxylic acids is 1. The molecule has 0 radical (unpaired) electrons. The fourth-order valence-corrected chi connectivity index (χ4v) is 2.46. The summed E-state index contributed by atoms with van der Waals surface area (Å²) in [6, 6.07) is 9.74. The third kappa shape index (κ3) is 2.42. The maximum Gasteiger partial charge on any atom is 0.287 e. The lowest BCUT2D eigenvalue weighted by Gasteiger charge is -2.07. The van der Waals surface area contributed by atoms with Crippen molar-refractivity contribution in [3.8, 4) is 0 Å². The van der Waals surface area contributed by atoms with Gasteiger partial charge in [-0.2, -0.15) is 0 Å². The Morgan fingerprint density at radius 1 is 1.33 bits per heavy atom. The van der Waals surface area contributed by atoms with Crippen molar-refractivity contribution in [3.05, 3.63) is 53.7 Å². The van der Waals surface area contributed by atoms with E-state index in [-0.39, 0.29) is 5.91 Å². The number of nitrogens with zero attached hydrogens (tertiary/aromatic N) is 2. The third-order valence-electron chi connectivity index (χ3n) is 3.53. The second-order valence-corrected chi connectivity index (χ2v) is 4.88. The summed E-state index contributed by atoms with van der Waals surface area (Å²) in [5.41, 5.74) is 2.85. The molecule has 1 N–H and O–H groups in total. The van der Waals surface area contributed by atoms with Crippen molar-refractivity contribution < 1.29 is 9.21 Å². The van der Waals surface area contributed by atoms with E-state index in [9.17, 15) is 4.79 Å². The molecule has 1 aromatic carbocycles. The molecular weight excluding hydrogens is 266 g/mol. The van der Waals surface area contributed by atoms with Crippen LogP contribution in [0.25, 0.3) is 11.0 Å². The van der Waals surface area contributed by atoms with Gasteiger partial charge in [-0.3, -0.25) is 4.79 Å². The van der Waals surface area contributed by atoms with Crippen molar-refractivity contribution >= 4 is 16.9 Å². The quantitative estimate of drug-likeness (QED) is 0.801. The van der Waals surface area contributed by atoms with Gasteiger partial charge in [0.15, 0.2) is 5.76 Å². The fraction of sp³-hybridized carbons (Fsp3) is 0.250. The molecule has 3 aromatic rings. The van der Waals surface area contributed by atoms with E-state index in [1.807, 2.05) is 31.2 Å². The van der Waals surface area contributed by atoms with Crippen molar-refractivity contribution in [2.24, 2.45) is 0 Å². The Hall–Kier alpha value is -2.56. The van der Waals surface area contributed by atoms with Gasteiger partial charge in [-0.15, -0.1) is 0 Å². The maximum absolute atomic E-state index is 12.1. The number of carbonyl (C=O) groups is 1. The van der Waals surface area contributed by atoms with E-state index in [2.05, 4.69) is 21.8 Å². The zero-order chi connectivity index (χ0) is 14.8. The molecule has 21 heavy (non-hydrogen) atoms. The molecule has 5 heteroatoms. The number of rotatable bonds is 4. The van der Waals surface area contributed by atoms with Gasteiger partial charge in [0, 0.05) is 12.1 Å². The normalized spacial score (nSPS) is 11.0. The summed E-state index contributed by atoms with van der Waals surface area (Å²) in [5, 5.41) is 2.86. The van der Waals surface area contributed by atoms with E-state index in [4.69, 9.17) is 4.42 Å². The molecule has 0 unspecified atom stereocenters. The Kier molecular flexibility index (Phi) is 3.48. The fourth-order valence-electron chi connectivity index (χ4n) is 2.46. The van der Waals surface area contributed by atoms with Crippen LogP contribution in [0.2, 0.25) is 0 Å². The third-order valence-corrected chi connectivity index (χ3v) is 3.53. The van der Waals surface area contributed by atoms with Crippen LogP contribution < -0.4 is 5.32 Å².